The minimum atomic E-state index is -0.647. The van der Waals surface area contributed by atoms with Crippen molar-refractivity contribution in [3.05, 3.63) is 5.28 Å². The van der Waals surface area contributed by atoms with Crippen LogP contribution in [0.3, 0.4) is 0 Å². The molecule has 84 valence electrons. The highest BCUT2D eigenvalue weighted by atomic mass is 35.5. The van der Waals surface area contributed by atoms with Gasteiger partial charge in [-0.15, -0.1) is 0 Å². The van der Waals surface area contributed by atoms with Crippen molar-refractivity contribution in [2.75, 3.05) is 31.3 Å². The number of anilines is 2. The van der Waals surface area contributed by atoms with Crippen molar-refractivity contribution >= 4 is 23.5 Å². The Kier molecular flexibility index (Phi) is 4.47. The van der Waals surface area contributed by atoms with Crippen molar-refractivity contribution < 1.29 is 9.84 Å². The summed E-state index contributed by atoms with van der Waals surface area (Å²) < 4.78 is 4.75. The first-order chi connectivity index (χ1) is 7.11. The van der Waals surface area contributed by atoms with E-state index in [-0.39, 0.29) is 30.3 Å². The van der Waals surface area contributed by atoms with Gasteiger partial charge in [0.25, 0.3) is 0 Å². The molecule has 1 rings (SSSR count). The molecule has 8 heteroatoms. The molecule has 0 saturated heterocycles. The van der Waals surface area contributed by atoms with Gasteiger partial charge in [0, 0.05) is 13.7 Å². The SMILES string of the molecule is COCC(O)CNc1nc(N)nc(Cl)n1. The summed E-state index contributed by atoms with van der Waals surface area (Å²) in [5.41, 5.74) is 5.35. The van der Waals surface area contributed by atoms with E-state index in [9.17, 15) is 5.11 Å². The smallest absolute Gasteiger partial charge is 0.228 e. The van der Waals surface area contributed by atoms with Gasteiger partial charge < -0.3 is 20.9 Å². The third-order valence-electron chi connectivity index (χ3n) is 1.48. The molecule has 0 aliphatic carbocycles. The van der Waals surface area contributed by atoms with Crippen LogP contribution >= 0.6 is 11.6 Å². The molecule has 1 atom stereocenters. The molecule has 0 saturated carbocycles. The summed E-state index contributed by atoms with van der Waals surface area (Å²) in [6.45, 7) is 0.467. The minimum Gasteiger partial charge on any atom is -0.389 e. The van der Waals surface area contributed by atoms with Crippen LogP contribution in [0.15, 0.2) is 0 Å². The maximum absolute atomic E-state index is 9.33. The number of nitrogens with zero attached hydrogens (tertiary/aromatic N) is 3. The Morgan fingerprint density at radius 1 is 1.53 bits per heavy atom. The molecule has 0 spiro atoms. The van der Waals surface area contributed by atoms with E-state index in [0.29, 0.717) is 0 Å². The second kappa shape index (κ2) is 5.64. The van der Waals surface area contributed by atoms with E-state index in [1.165, 1.54) is 7.11 Å². The molecule has 4 N–H and O–H groups in total. The molecule has 0 fully saturated rings. The van der Waals surface area contributed by atoms with Crippen LogP contribution in [0.1, 0.15) is 0 Å². The molecular weight excluding hydrogens is 222 g/mol. The summed E-state index contributed by atoms with van der Waals surface area (Å²) in [5.74, 6) is 0.251. The largest absolute Gasteiger partial charge is 0.389 e. The first-order valence-corrected chi connectivity index (χ1v) is 4.57. The summed E-state index contributed by atoms with van der Waals surface area (Å²) in [6, 6.07) is 0. The summed E-state index contributed by atoms with van der Waals surface area (Å²) in [5, 5.41) is 12.1. The number of hydrogen-bond acceptors (Lipinski definition) is 7. The van der Waals surface area contributed by atoms with Gasteiger partial charge in [-0.05, 0) is 11.6 Å². The van der Waals surface area contributed by atoms with Crippen LogP contribution in [0, 0.1) is 0 Å². The highest BCUT2D eigenvalue weighted by Gasteiger charge is 2.06. The van der Waals surface area contributed by atoms with Crippen molar-refractivity contribution in [1.82, 2.24) is 15.0 Å². The van der Waals surface area contributed by atoms with Crippen LogP contribution in [0.2, 0.25) is 5.28 Å². The molecule has 15 heavy (non-hydrogen) atoms. The lowest BCUT2D eigenvalue weighted by Gasteiger charge is -2.10. The molecule has 0 bridgehead atoms. The Hall–Kier alpha value is -1.18. The van der Waals surface area contributed by atoms with Crippen molar-refractivity contribution in [2.45, 2.75) is 6.10 Å². The zero-order valence-corrected chi connectivity index (χ0v) is 8.90. The van der Waals surface area contributed by atoms with E-state index < -0.39 is 6.10 Å². The quantitative estimate of drug-likeness (QED) is 0.631. The molecule has 0 aromatic carbocycles. The number of nitrogen functional groups attached to an aromatic ring is 1. The maximum Gasteiger partial charge on any atom is 0.228 e. The molecule has 0 amide bonds. The Balaban J connectivity index is 2.50. The molecule has 1 unspecified atom stereocenters. The number of nitrogens with two attached hydrogens (primary N) is 1. The number of nitrogens with one attached hydrogen (secondary N) is 1. The average molecular weight is 234 g/mol. The predicted molar refractivity (Wildman–Crippen MR) is 55.6 cm³/mol. The van der Waals surface area contributed by atoms with Crippen LogP contribution in [0.4, 0.5) is 11.9 Å². The number of aliphatic hydroxyl groups excluding tert-OH is 1. The van der Waals surface area contributed by atoms with Crippen molar-refractivity contribution in [1.29, 1.82) is 0 Å². The Bertz CT molecular complexity index is 304. The van der Waals surface area contributed by atoms with Crippen LogP contribution < -0.4 is 11.1 Å². The van der Waals surface area contributed by atoms with Gasteiger partial charge in [0.15, 0.2) is 0 Å². The highest BCUT2D eigenvalue weighted by molar-refractivity contribution is 6.28. The number of aliphatic hydroxyl groups is 1. The second-order valence-corrected chi connectivity index (χ2v) is 3.11. The fraction of sp³-hybridized carbons (Fsp3) is 0.571. The average Bonchev–Trinajstić information content (AvgIpc) is 2.14. The molecule has 0 radical (unpaired) electrons. The molecule has 0 aliphatic rings. The molecule has 7 nitrogen and oxygen atoms in total. The molecule has 0 aliphatic heterocycles. The third kappa shape index (κ3) is 4.24. The Morgan fingerprint density at radius 3 is 2.87 bits per heavy atom. The lowest BCUT2D eigenvalue weighted by molar-refractivity contribution is 0.0726. The first kappa shape index (κ1) is 11.9. The van der Waals surface area contributed by atoms with E-state index in [1.54, 1.807) is 0 Å². The lowest BCUT2D eigenvalue weighted by atomic mass is 10.4. The van der Waals surface area contributed by atoms with Gasteiger partial charge in [-0.3, -0.25) is 0 Å². The molecule has 1 heterocycles. The van der Waals surface area contributed by atoms with Crippen LogP contribution in [0.5, 0.6) is 0 Å². The van der Waals surface area contributed by atoms with Gasteiger partial charge in [0.1, 0.15) is 0 Å². The third-order valence-corrected chi connectivity index (χ3v) is 1.65. The van der Waals surface area contributed by atoms with Crippen molar-refractivity contribution in [3.63, 3.8) is 0 Å². The normalized spacial score (nSPS) is 12.5. The minimum absolute atomic E-state index is 0.00577. The van der Waals surface area contributed by atoms with Gasteiger partial charge in [-0.1, -0.05) is 0 Å². The zero-order chi connectivity index (χ0) is 11.3. The lowest BCUT2D eigenvalue weighted by Crippen LogP contribution is -2.25. The number of hydrogen-bond donors (Lipinski definition) is 3. The fourth-order valence-corrected chi connectivity index (χ4v) is 1.07. The number of rotatable bonds is 5. The molecule has 1 aromatic heterocycles. The summed E-state index contributed by atoms with van der Waals surface area (Å²) in [4.78, 5) is 11.1. The zero-order valence-electron chi connectivity index (χ0n) is 8.14. The molecule has 1 aromatic rings. The van der Waals surface area contributed by atoms with Gasteiger partial charge in [-0.25, -0.2) is 0 Å². The predicted octanol–water partition coefficient (Wildman–Crippen LogP) is -0.474. The maximum atomic E-state index is 9.33. The Morgan fingerprint density at radius 2 is 2.27 bits per heavy atom. The van der Waals surface area contributed by atoms with Gasteiger partial charge in [0.2, 0.25) is 17.2 Å². The monoisotopic (exact) mass is 233 g/mol. The molecular formula is C7H12ClN5O2. The number of methoxy groups -OCH3 is 1. The van der Waals surface area contributed by atoms with Crippen LogP contribution in [-0.2, 0) is 4.74 Å². The summed E-state index contributed by atoms with van der Waals surface area (Å²) in [7, 11) is 1.50. The van der Waals surface area contributed by atoms with Gasteiger partial charge in [0.05, 0.1) is 12.7 Å². The topological polar surface area (TPSA) is 106 Å². The van der Waals surface area contributed by atoms with E-state index >= 15 is 0 Å². The second-order valence-electron chi connectivity index (χ2n) is 2.78. The van der Waals surface area contributed by atoms with Gasteiger partial charge in [-0.2, -0.15) is 15.0 Å². The van der Waals surface area contributed by atoms with Crippen LogP contribution in [-0.4, -0.2) is 46.4 Å². The highest BCUT2D eigenvalue weighted by Crippen LogP contribution is 2.06. The summed E-state index contributed by atoms with van der Waals surface area (Å²) >= 11 is 5.56. The first-order valence-electron chi connectivity index (χ1n) is 4.19. The number of ether oxygens (including phenoxy) is 1. The number of aromatic nitrogens is 3. The van der Waals surface area contributed by atoms with Crippen molar-refractivity contribution in [2.24, 2.45) is 0 Å². The van der Waals surface area contributed by atoms with E-state index in [2.05, 4.69) is 20.3 Å². The summed E-state index contributed by atoms with van der Waals surface area (Å²) in [6.07, 6.45) is -0.647. The fourth-order valence-electron chi connectivity index (χ4n) is 0.905. The van der Waals surface area contributed by atoms with Crippen molar-refractivity contribution in [3.8, 4) is 0 Å². The standard InChI is InChI=1S/C7H12ClN5O2/c1-15-3-4(14)2-10-7-12-5(8)11-6(9)13-7/h4,14H,2-3H2,1H3,(H3,9,10,11,12,13). The Labute approximate surface area is 91.7 Å². The van der Waals surface area contributed by atoms with E-state index in [0.717, 1.165) is 0 Å². The number of halogens is 1. The van der Waals surface area contributed by atoms with E-state index in [1.807, 2.05) is 0 Å². The van der Waals surface area contributed by atoms with E-state index in [4.69, 9.17) is 22.1 Å². The van der Waals surface area contributed by atoms with Gasteiger partial charge >= 0.3 is 0 Å². The van der Waals surface area contributed by atoms with Crippen LogP contribution in [0.25, 0.3) is 0 Å².